The van der Waals surface area contributed by atoms with E-state index in [-0.39, 0.29) is 0 Å². The van der Waals surface area contributed by atoms with E-state index in [4.69, 9.17) is 9.72 Å². The van der Waals surface area contributed by atoms with Gasteiger partial charge in [-0.15, -0.1) is 11.3 Å². The number of thiazole rings is 1. The van der Waals surface area contributed by atoms with Gasteiger partial charge in [0.1, 0.15) is 5.75 Å². The van der Waals surface area contributed by atoms with Crippen LogP contribution in [0.2, 0.25) is 0 Å². The number of benzene rings is 1. The smallest absolute Gasteiger partial charge is 0.182 e. The molecule has 6 rings (SSSR count). The molecule has 1 aromatic carbocycles. The number of methoxy groups -OCH3 is 1. The van der Waals surface area contributed by atoms with E-state index < -0.39 is 0 Å². The molecule has 3 atom stereocenters. The fraction of sp³-hybridized carbons (Fsp3) is 0.571. The van der Waals surface area contributed by atoms with E-state index in [1.165, 1.54) is 37.2 Å². The Morgan fingerprint density at radius 2 is 2.04 bits per heavy atom. The summed E-state index contributed by atoms with van der Waals surface area (Å²) >= 11 is 1.70. The quantitative estimate of drug-likeness (QED) is 0.857. The van der Waals surface area contributed by atoms with Crippen LogP contribution in [0.5, 0.6) is 5.75 Å². The zero-order chi connectivity index (χ0) is 18.4. The lowest BCUT2D eigenvalue weighted by Gasteiger charge is -2.51. The van der Waals surface area contributed by atoms with Crippen molar-refractivity contribution in [3.63, 3.8) is 0 Å². The van der Waals surface area contributed by atoms with Crippen molar-refractivity contribution >= 4 is 16.5 Å². The molecule has 0 amide bonds. The SMILES string of the molecule is CNc1nc(CN2C[C@H](c3ccccc3OC)[C@@H]3[C@H]2C2CCN3CC2)cs1. The first-order chi connectivity index (χ1) is 13.3. The summed E-state index contributed by atoms with van der Waals surface area (Å²) in [5.41, 5.74) is 2.57. The molecule has 5 heterocycles. The molecule has 6 heteroatoms. The van der Waals surface area contributed by atoms with Gasteiger partial charge in [0.05, 0.1) is 12.8 Å². The maximum absolute atomic E-state index is 5.73. The van der Waals surface area contributed by atoms with E-state index in [0.29, 0.717) is 18.0 Å². The first kappa shape index (κ1) is 17.5. The van der Waals surface area contributed by atoms with Gasteiger partial charge in [0.15, 0.2) is 5.13 Å². The predicted octanol–water partition coefficient (Wildman–Crippen LogP) is 3.26. The average molecular weight is 385 g/mol. The fourth-order valence-electron chi connectivity index (χ4n) is 5.67. The number of rotatable bonds is 5. The number of nitrogens with one attached hydrogen (secondary N) is 1. The third kappa shape index (κ3) is 2.94. The second-order valence-corrected chi connectivity index (χ2v) is 8.88. The number of para-hydroxylation sites is 1. The van der Waals surface area contributed by atoms with Gasteiger partial charge in [-0.2, -0.15) is 0 Å². The van der Waals surface area contributed by atoms with Gasteiger partial charge in [0, 0.05) is 49.1 Å². The lowest BCUT2D eigenvalue weighted by Crippen LogP contribution is -2.60. The van der Waals surface area contributed by atoms with Crippen LogP contribution in [0.4, 0.5) is 5.13 Å². The van der Waals surface area contributed by atoms with Crippen LogP contribution in [0.3, 0.4) is 0 Å². The van der Waals surface area contributed by atoms with Crippen molar-refractivity contribution in [2.45, 2.75) is 37.4 Å². The zero-order valence-corrected chi connectivity index (χ0v) is 16.9. The highest BCUT2D eigenvalue weighted by Crippen LogP contribution is 2.48. The summed E-state index contributed by atoms with van der Waals surface area (Å²) in [6.45, 7) is 4.56. The average Bonchev–Trinajstić information content (AvgIpc) is 3.35. The maximum atomic E-state index is 5.73. The van der Waals surface area contributed by atoms with E-state index in [1.807, 2.05) is 7.05 Å². The molecule has 4 aliphatic heterocycles. The molecule has 0 unspecified atom stereocenters. The number of hydrogen-bond acceptors (Lipinski definition) is 6. The van der Waals surface area contributed by atoms with Crippen LogP contribution in [0.25, 0.3) is 0 Å². The lowest BCUT2D eigenvalue weighted by molar-refractivity contribution is -0.00903. The number of anilines is 1. The summed E-state index contributed by atoms with van der Waals surface area (Å²) < 4.78 is 5.73. The highest BCUT2D eigenvalue weighted by Gasteiger charge is 2.53. The number of fused-ring (bicyclic) bond motifs is 2. The van der Waals surface area contributed by atoms with Crippen molar-refractivity contribution in [3.05, 3.63) is 40.9 Å². The first-order valence-electron chi connectivity index (χ1n) is 10.0. The molecule has 4 fully saturated rings. The Balaban J connectivity index is 1.48. The van der Waals surface area contributed by atoms with E-state index in [9.17, 15) is 0 Å². The molecule has 0 radical (unpaired) electrons. The molecule has 1 N–H and O–H groups in total. The Kier molecular flexibility index (Phi) is 4.58. The second kappa shape index (κ2) is 7.08. The predicted molar refractivity (Wildman–Crippen MR) is 110 cm³/mol. The van der Waals surface area contributed by atoms with E-state index >= 15 is 0 Å². The van der Waals surface area contributed by atoms with E-state index in [2.05, 4.69) is 44.8 Å². The standard InChI is InChI=1S/C21H28N4OS/c1-22-21-23-15(13-27-21)11-25-12-17(16-5-3-4-6-18(16)26-2)20-19(25)14-7-9-24(20)10-8-14/h3-6,13-14,17,19-20H,7-12H2,1-2H3,(H,22,23)/t17-,19-,20-/m1/s1. The van der Waals surface area contributed by atoms with Crippen molar-refractivity contribution in [2.24, 2.45) is 5.92 Å². The van der Waals surface area contributed by atoms with Crippen LogP contribution in [0, 0.1) is 5.92 Å². The van der Waals surface area contributed by atoms with Crippen LogP contribution < -0.4 is 10.1 Å². The molecule has 27 heavy (non-hydrogen) atoms. The molecule has 4 aliphatic rings. The number of likely N-dealkylation sites (tertiary alicyclic amines) is 1. The van der Waals surface area contributed by atoms with E-state index in [1.54, 1.807) is 18.4 Å². The molecule has 0 spiro atoms. The molecule has 2 aromatic rings. The Hall–Kier alpha value is -1.63. The van der Waals surface area contributed by atoms with Crippen LogP contribution in [0.15, 0.2) is 29.6 Å². The monoisotopic (exact) mass is 384 g/mol. The van der Waals surface area contributed by atoms with Gasteiger partial charge in [-0.25, -0.2) is 4.98 Å². The summed E-state index contributed by atoms with van der Waals surface area (Å²) in [5.74, 6) is 2.37. The summed E-state index contributed by atoms with van der Waals surface area (Å²) in [7, 11) is 3.74. The van der Waals surface area contributed by atoms with Gasteiger partial charge < -0.3 is 10.1 Å². The molecule has 1 aromatic heterocycles. The number of nitrogens with zero attached hydrogens (tertiary/aromatic N) is 3. The first-order valence-corrected chi connectivity index (χ1v) is 10.9. The topological polar surface area (TPSA) is 40.6 Å². The summed E-state index contributed by atoms with van der Waals surface area (Å²) in [6.07, 6.45) is 2.68. The molecule has 4 saturated heterocycles. The van der Waals surface area contributed by atoms with Crippen LogP contribution in [-0.4, -0.2) is 60.7 Å². The Morgan fingerprint density at radius 1 is 1.22 bits per heavy atom. The molecule has 5 nitrogen and oxygen atoms in total. The van der Waals surface area contributed by atoms with Crippen molar-refractivity contribution in [1.29, 1.82) is 0 Å². The number of ether oxygens (including phenoxy) is 1. The zero-order valence-electron chi connectivity index (χ0n) is 16.1. The Bertz CT molecular complexity index is 801. The number of hydrogen-bond donors (Lipinski definition) is 1. The molecular formula is C21H28N4OS. The third-order valence-electron chi connectivity index (χ3n) is 6.76. The van der Waals surface area contributed by atoms with Crippen LogP contribution in [0.1, 0.15) is 30.0 Å². The lowest BCUT2D eigenvalue weighted by atomic mass is 9.75. The van der Waals surface area contributed by atoms with Gasteiger partial charge in [-0.3, -0.25) is 9.80 Å². The highest BCUT2D eigenvalue weighted by atomic mass is 32.1. The highest BCUT2D eigenvalue weighted by molar-refractivity contribution is 7.13. The molecule has 0 saturated carbocycles. The van der Waals surface area contributed by atoms with E-state index in [0.717, 1.165) is 29.9 Å². The van der Waals surface area contributed by atoms with Crippen molar-refractivity contribution in [3.8, 4) is 5.75 Å². The minimum atomic E-state index is 0.511. The number of aromatic nitrogens is 1. The van der Waals surface area contributed by atoms with Crippen molar-refractivity contribution in [2.75, 3.05) is 39.1 Å². The third-order valence-corrected chi connectivity index (χ3v) is 7.67. The van der Waals surface area contributed by atoms with Gasteiger partial charge >= 0.3 is 0 Å². The number of piperidine rings is 3. The summed E-state index contributed by atoms with van der Waals surface area (Å²) in [5, 5.41) is 6.39. The minimum absolute atomic E-state index is 0.511. The summed E-state index contributed by atoms with van der Waals surface area (Å²) in [6, 6.07) is 9.87. The van der Waals surface area contributed by atoms with Gasteiger partial charge in [0.2, 0.25) is 0 Å². The second-order valence-electron chi connectivity index (χ2n) is 8.03. The van der Waals surface area contributed by atoms with Crippen molar-refractivity contribution < 1.29 is 4.74 Å². The molecular weight excluding hydrogens is 356 g/mol. The van der Waals surface area contributed by atoms with Crippen LogP contribution >= 0.6 is 11.3 Å². The summed E-state index contributed by atoms with van der Waals surface area (Å²) in [4.78, 5) is 10.2. The largest absolute Gasteiger partial charge is 0.496 e. The van der Waals surface area contributed by atoms with Crippen LogP contribution in [-0.2, 0) is 6.54 Å². The fourth-order valence-corrected chi connectivity index (χ4v) is 6.33. The molecule has 0 aliphatic carbocycles. The van der Waals surface area contributed by atoms with Gasteiger partial charge in [0.25, 0.3) is 0 Å². The normalized spacial score (nSPS) is 32.4. The Morgan fingerprint density at radius 3 is 2.78 bits per heavy atom. The Labute approximate surface area is 165 Å². The van der Waals surface area contributed by atoms with Crippen molar-refractivity contribution in [1.82, 2.24) is 14.8 Å². The van der Waals surface area contributed by atoms with Gasteiger partial charge in [-0.1, -0.05) is 18.2 Å². The molecule has 144 valence electrons. The molecule has 2 bridgehead atoms. The minimum Gasteiger partial charge on any atom is -0.496 e. The van der Waals surface area contributed by atoms with Gasteiger partial charge in [-0.05, 0) is 37.9 Å². The maximum Gasteiger partial charge on any atom is 0.182 e.